The molecule has 0 aromatic heterocycles. The highest BCUT2D eigenvalue weighted by Crippen LogP contribution is 2.60. The molecule has 3 unspecified atom stereocenters. The molecule has 2 fully saturated rings. The number of hydrogen-bond donors (Lipinski definition) is 1. The van der Waals surface area contributed by atoms with Crippen LogP contribution >= 0.6 is 0 Å². The SMILES string of the molecule is CC(C)(C)C1CCCC12CCCCC2C(=O)O. The predicted molar refractivity (Wildman–Crippen MR) is 68.8 cm³/mol. The number of carboxylic acids is 1. The van der Waals surface area contributed by atoms with Crippen LogP contribution in [-0.4, -0.2) is 11.1 Å². The van der Waals surface area contributed by atoms with Crippen LogP contribution in [0, 0.1) is 22.7 Å². The van der Waals surface area contributed by atoms with Crippen LogP contribution in [0.15, 0.2) is 0 Å². The van der Waals surface area contributed by atoms with Crippen LogP contribution in [0.1, 0.15) is 65.7 Å². The first-order valence-electron chi connectivity index (χ1n) is 7.11. The lowest BCUT2D eigenvalue weighted by Gasteiger charge is -2.48. The molecule has 2 aliphatic carbocycles. The van der Waals surface area contributed by atoms with E-state index in [4.69, 9.17) is 0 Å². The Labute approximate surface area is 105 Å². The van der Waals surface area contributed by atoms with Gasteiger partial charge >= 0.3 is 5.97 Å². The average molecular weight is 238 g/mol. The maximum atomic E-state index is 11.6. The van der Waals surface area contributed by atoms with Crippen LogP contribution in [-0.2, 0) is 4.79 Å². The van der Waals surface area contributed by atoms with Crippen molar-refractivity contribution < 1.29 is 9.90 Å². The van der Waals surface area contributed by atoms with Crippen molar-refractivity contribution in [1.82, 2.24) is 0 Å². The summed E-state index contributed by atoms with van der Waals surface area (Å²) < 4.78 is 0. The van der Waals surface area contributed by atoms with Crippen molar-refractivity contribution in [2.75, 3.05) is 0 Å². The fraction of sp³-hybridized carbons (Fsp3) is 0.933. The van der Waals surface area contributed by atoms with Crippen LogP contribution in [0.3, 0.4) is 0 Å². The van der Waals surface area contributed by atoms with Crippen molar-refractivity contribution in [1.29, 1.82) is 0 Å². The van der Waals surface area contributed by atoms with Crippen LogP contribution < -0.4 is 0 Å². The first-order chi connectivity index (χ1) is 7.88. The summed E-state index contributed by atoms with van der Waals surface area (Å²) in [6, 6.07) is 0. The largest absolute Gasteiger partial charge is 0.481 e. The summed E-state index contributed by atoms with van der Waals surface area (Å²) in [5.74, 6) is -0.0276. The Morgan fingerprint density at radius 1 is 1.12 bits per heavy atom. The summed E-state index contributed by atoms with van der Waals surface area (Å²) in [7, 11) is 0. The Balaban J connectivity index is 2.33. The van der Waals surface area contributed by atoms with E-state index in [1.165, 1.54) is 19.3 Å². The lowest BCUT2D eigenvalue weighted by Crippen LogP contribution is -2.45. The van der Waals surface area contributed by atoms with Gasteiger partial charge in [-0.1, -0.05) is 40.0 Å². The van der Waals surface area contributed by atoms with Gasteiger partial charge < -0.3 is 5.11 Å². The Kier molecular flexibility index (Phi) is 3.26. The molecule has 2 aliphatic rings. The number of carbonyl (C=O) groups is 1. The maximum Gasteiger partial charge on any atom is 0.307 e. The fourth-order valence-electron chi connectivity index (χ4n) is 4.74. The van der Waals surface area contributed by atoms with Gasteiger partial charge in [-0.05, 0) is 42.4 Å². The van der Waals surface area contributed by atoms with Crippen LogP contribution in [0.25, 0.3) is 0 Å². The minimum atomic E-state index is -0.541. The highest BCUT2D eigenvalue weighted by atomic mass is 16.4. The van der Waals surface area contributed by atoms with Crippen LogP contribution in [0.5, 0.6) is 0 Å². The van der Waals surface area contributed by atoms with Crippen molar-refractivity contribution >= 4 is 5.97 Å². The van der Waals surface area contributed by atoms with Gasteiger partial charge in [0.1, 0.15) is 0 Å². The predicted octanol–water partition coefficient (Wildman–Crippen LogP) is 4.09. The number of aliphatic carboxylic acids is 1. The first-order valence-corrected chi connectivity index (χ1v) is 7.11. The number of rotatable bonds is 1. The molecule has 1 N–H and O–H groups in total. The molecule has 0 aromatic rings. The van der Waals surface area contributed by atoms with Crippen molar-refractivity contribution in [2.24, 2.45) is 22.7 Å². The zero-order valence-corrected chi connectivity index (χ0v) is 11.5. The Morgan fingerprint density at radius 2 is 1.76 bits per heavy atom. The van der Waals surface area contributed by atoms with Crippen LogP contribution in [0.2, 0.25) is 0 Å². The maximum absolute atomic E-state index is 11.6. The smallest absolute Gasteiger partial charge is 0.307 e. The molecule has 0 aromatic carbocycles. The van der Waals surface area contributed by atoms with E-state index in [-0.39, 0.29) is 16.7 Å². The minimum Gasteiger partial charge on any atom is -0.481 e. The van der Waals surface area contributed by atoms with Gasteiger partial charge in [0.2, 0.25) is 0 Å². The summed E-state index contributed by atoms with van der Waals surface area (Å²) in [6.45, 7) is 6.87. The van der Waals surface area contributed by atoms with Crippen molar-refractivity contribution in [2.45, 2.75) is 65.7 Å². The van der Waals surface area contributed by atoms with Gasteiger partial charge in [0, 0.05) is 0 Å². The second kappa shape index (κ2) is 4.29. The van der Waals surface area contributed by atoms with E-state index in [9.17, 15) is 9.90 Å². The fourth-order valence-corrected chi connectivity index (χ4v) is 4.74. The van der Waals surface area contributed by atoms with E-state index in [1.807, 2.05) is 0 Å². The molecule has 17 heavy (non-hydrogen) atoms. The second-order valence-electron chi connectivity index (χ2n) is 7.18. The molecule has 0 amide bonds. The van der Waals surface area contributed by atoms with E-state index in [1.54, 1.807) is 0 Å². The van der Waals surface area contributed by atoms with Crippen LogP contribution in [0.4, 0.5) is 0 Å². The molecule has 0 radical (unpaired) electrons. The van der Waals surface area contributed by atoms with Crippen molar-refractivity contribution in [3.8, 4) is 0 Å². The van der Waals surface area contributed by atoms with E-state index >= 15 is 0 Å². The molecule has 2 heteroatoms. The first kappa shape index (κ1) is 12.9. The zero-order valence-electron chi connectivity index (χ0n) is 11.5. The van der Waals surface area contributed by atoms with E-state index < -0.39 is 5.97 Å². The molecule has 2 nitrogen and oxygen atoms in total. The lowest BCUT2D eigenvalue weighted by atomic mass is 9.55. The summed E-state index contributed by atoms with van der Waals surface area (Å²) in [5.41, 5.74) is 0.365. The van der Waals surface area contributed by atoms with Gasteiger partial charge in [0.05, 0.1) is 5.92 Å². The quantitative estimate of drug-likeness (QED) is 0.747. The molecule has 0 bridgehead atoms. The third-order valence-corrected chi connectivity index (χ3v) is 5.25. The van der Waals surface area contributed by atoms with Gasteiger partial charge in [0.15, 0.2) is 0 Å². The van der Waals surface area contributed by atoms with Crippen molar-refractivity contribution in [3.05, 3.63) is 0 Å². The van der Waals surface area contributed by atoms with Crippen molar-refractivity contribution in [3.63, 3.8) is 0 Å². The molecule has 98 valence electrons. The molecule has 1 spiro atoms. The molecular formula is C15H26O2. The van der Waals surface area contributed by atoms with Gasteiger partial charge in [-0.2, -0.15) is 0 Å². The Bertz CT molecular complexity index is 303. The summed E-state index contributed by atoms with van der Waals surface area (Å²) in [5, 5.41) is 9.55. The Hall–Kier alpha value is -0.530. The number of hydrogen-bond acceptors (Lipinski definition) is 1. The third-order valence-electron chi connectivity index (χ3n) is 5.25. The molecule has 2 saturated carbocycles. The lowest BCUT2D eigenvalue weighted by molar-refractivity contribution is -0.152. The molecule has 0 saturated heterocycles. The molecule has 0 heterocycles. The zero-order chi connectivity index (χ0) is 12.7. The summed E-state index contributed by atoms with van der Waals surface area (Å²) in [4.78, 5) is 11.6. The molecule has 3 atom stereocenters. The van der Waals surface area contributed by atoms with E-state index in [0.717, 1.165) is 25.7 Å². The average Bonchev–Trinajstić information content (AvgIpc) is 2.62. The third kappa shape index (κ3) is 2.11. The standard InChI is InChI=1S/C15H26O2/c1-14(2,3)12-8-6-10-15(12)9-5-4-7-11(15)13(16)17/h11-12H,4-10H2,1-3H3,(H,16,17). The molecule has 2 rings (SSSR count). The molecular weight excluding hydrogens is 212 g/mol. The number of carboxylic acid groups (broad SMARTS) is 1. The van der Waals surface area contributed by atoms with Gasteiger partial charge in [-0.25, -0.2) is 0 Å². The topological polar surface area (TPSA) is 37.3 Å². The van der Waals surface area contributed by atoms with E-state index in [0.29, 0.717) is 5.92 Å². The van der Waals surface area contributed by atoms with Gasteiger partial charge in [-0.15, -0.1) is 0 Å². The van der Waals surface area contributed by atoms with Gasteiger partial charge in [-0.3, -0.25) is 4.79 Å². The minimum absolute atomic E-state index is 0.0806. The monoisotopic (exact) mass is 238 g/mol. The van der Waals surface area contributed by atoms with Gasteiger partial charge in [0.25, 0.3) is 0 Å². The summed E-state index contributed by atoms with van der Waals surface area (Å²) >= 11 is 0. The Morgan fingerprint density at radius 3 is 2.35 bits per heavy atom. The normalized spacial score (nSPS) is 38.5. The molecule has 0 aliphatic heterocycles. The second-order valence-corrected chi connectivity index (χ2v) is 7.18. The van der Waals surface area contributed by atoms with E-state index in [2.05, 4.69) is 20.8 Å². The highest BCUT2D eigenvalue weighted by Gasteiger charge is 2.55. The highest BCUT2D eigenvalue weighted by molar-refractivity contribution is 5.71. The summed E-state index contributed by atoms with van der Waals surface area (Å²) in [6.07, 6.45) is 7.99.